The third-order valence-corrected chi connectivity index (χ3v) is 3.90. The summed E-state index contributed by atoms with van der Waals surface area (Å²) >= 11 is 0. The van der Waals surface area contributed by atoms with E-state index in [1.165, 1.54) is 0 Å². The number of phenolic OH excluding ortho intramolecular Hbond substituents is 1. The minimum Gasteiger partial charge on any atom is -0.508 e. The monoisotopic (exact) mass is 264 g/mol. The summed E-state index contributed by atoms with van der Waals surface area (Å²) in [5.41, 5.74) is 6.34. The van der Waals surface area contributed by atoms with Crippen LogP contribution in [0.15, 0.2) is 24.3 Å². The SMILES string of the molecule is CCC(CC)(CN)C(=O)N(C)Cc1ccc(O)cc1. The van der Waals surface area contributed by atoms with E-state index < -0.39 is 5.41 Å². The van der Waals surface area contributed by atoms with E-state index in [0.29, 0.717) is 13.1 Å². The van der Waals surface area contributed by atoms with E-state index in [1.54, 1.807) is 24.1 Å². The number of phenols is 1. The van der Waals surface area contributed by atoms with E-state index in [9.17, 15) is 9.90 Å². The van der Waals surface area contributed by atoms with Gasteiger partial charge in [0.25, 0.3) is 0 Å². The summed E-state index contributed by atoms with van der Waals surface area (Å²) < 4.78 is 0. The molecular weight excluding hydrogens is 240 g/mol. The van der Waals surface area contributed by atoms with Crippen molar-refractivity contribution < 1.29 is 9.90 Å². The molecule has 0 unspecified atom stereocenters. The number of carbonyl (C=O) groups excluding carboxylic acids is 1. The highest BCUT2D eigenvalue weighted by Gasteiger charge is 2.35. The number of aromatic hydroxyl groups is 1. The van der Waals surface area contributed by atoms with Gasteiger partial charge in [-0.15, -0.1) is 0 Å². The minimum absolute atomic E-state index is 0.0908. The largest absolute Gasteiger partial charge is 0.508 e. The quantitative estimate of drug-likeness (QED) is 0.827. The van der Waals surface area contributed by atoms with Gasteiger partial charge >= 0.3 is 0 Å². The highest BCUT2D eigenvalue weighted by Crippen LogP contribution is 2.28. The van der Waals surface area contributed by atoms with Crippen LogP contribution in [0, 0.1) is 5.41 Å². The topological polar surface area (TPSA) is 66.6 Å². The number of nitrogens with two attached hydrogens (primary N) is 1. The molecule has 0 aliphatic rings. The summed E-state index contributed by atoms with van der Waals surface area (Å²) in [6.07, 6.45) is 1.50. The van der Waals surface area contributed by atoms with Crippen molar-refractivity contribution in [1.29, 1.82) is 0 Å². The Kier molecular flexibility index (Phi) is 5.36. The predicted molar refractivity (Wildman–Crippen MR) is 76.7 cm³/mol. The van der Waals surface area contributed by atoms with Gasteiger partial charge in [-0.2, -0.15) is 0 Å². The first-order chi connectivity index (χ1) is 8.99. The first-order valence-corrected chi connectivity index (χ1v) is 6.72. The van der Waals surface area contributed by atoms with Crippen LogP contribution in [-0.4, -0.2) is 29.5 Å². The molecule has 1 aromatic carbocycles. The second-order valence-corrected chi connectivity index (χ2v) is 5.02. The van der Waals surface area contributed by atoms with Gasteiger partial charge in [0.05, 0.1) is 5.41 Å². The molecule has 1 amide bonds. The van der Waals surface area contributed by atoms with E-state index in [-0.39, 0.29) is 11.7 Å². The number of benzene rings is 1. The standard InChI is InChI=1S/C15H24N2O2/c1-4-15(5-2,11-16)14(19)17(3)10-12-6-8-13(18)9-7-12/h6-9,18H,4-5,10-11,16H2,1-3H3. The second-order valence-electron chi connectivity index (χ2n) is 5.02. The summed E-state index contributed by atoms with van der Waals surface area (Å²) in [5, 5.41) is 9.25. The summed E-state index contributed by atoms with van der Waals surface area (Å²) in [6, 6.07) is 6.90. The van der Waals surface area contributed by atoms with Crippen LogP contribution in [-0.2, 0) is 11.3 Å². The molecule has 0 atom stereocenters. The van der Waals surface area contributed by atoms with E-state index in [1.807, 2.05) is 26.0 Å². The Labute approximate surface area is 115 Å². The van der Waals surface area contributed by atoms with Crippen molar-refractivity contribution in [2.75, 3.05) is 13.6 Å². The lowest BCUT2D eigenvalue weighted by Crippen LogP contribution is -2.45. The highest BCUT2D eigenvalue weighted by molar-refractivity contribution is 5.82. The third kappa shape index (κ3) is 3.47. The van der Waals surface area contributed by atoms with E-state index in [2.05, 4.69) is 0 Å². The zero-order valence-electron chi connectivity index (χ0n) is 12.0. The van der Waals surface area contributed by atoms with Gasteiger partial charge in [0, 0.05) is 20.1 Å². The molecule has 1 rings (SSSR count). The maximum Gasteiger partial charge on any atom is 0.230 e. The Bertz CT molecular complexity index is 402. The molecule has 0 radical (unpaired) electrons. The third-order valence-electron chi connectivity index (χ3n) is 3.90. The van der Waals surface area contributed by atoms with Gasteiger partial charge in [-0.1, -0.05) is 26.0 Å². The molecule has 0 saturated carbocycles. The predicted octanol–water partition coefficient (Wildman–Crippen LogP) is 2.12. The normalized spacial score (nSPS) is 11.4. The van der Waals surface area contributed by atoms with Gasteiger partial charge in [-0.25, -0.2) is 0 Å². The number of nitrogens with zero attached hydrogens (tertiary/aromatic N) is 1. The van der Waals surface area contributed by atoms with Gasteiger partial charge in [-0.3, -0.25) is 4.79 Å². The second kappa shape index (κ2) is 6.57. The lowest BCUT2D eigenvalue weighted by molar-refractivity contribution is -0.141. The molecular formula is C15H24N2O2. The van der Waals surface area contributed by atoms with Gasteiger partial charge in [0.2, 0.25) is 5.91 Å². The van der Waals surface area contributed by atoms with Crippen molar-refractivity contribution in [3.63, 3.8) is 0 Å². The zero-order valence-corrected chi connectivity index (χ0v) is 12.0. The molecule has 0 aromatic heterocycles. The molecule has 3 N–H and O–H groups in total. The molecule has 1 aromatic rings. The number of carbonyl (C=O) groups is 1. The molecule has 0 bridgehead atoms. The van der Waals surface area contributed by atoms with Crippen LogP contribution in [0.4, 0.5) is 0 Å². The number of amides is 1. The summed E-state index contributed by atoms with van der Waals surface area (Å²) in [4.78, 5) is 14.2. The lowest BCUT2D eigenvalue weighted by Gasteiger charge is -2.33. The average molecular weight is 264 g/mol. The van der Waals surface area contributed by atoms with Crippen LogP contribution in [0.5, 0.6) is 5.75 Å². The summed E-state index contributed by atoms with van der Waals surface area (Å²) in [7, 11) is 1.80. The van der Waals surface area contributed by atoms with Crippen LogP contribution in [0.2, 0.25) is 0 Å². The first kappa shape index (κ1) is 15.5. The summed E-state index contributed by atoms with van der Waals surface area (Å²) in [5.74, 6) is 0.323. The van der Waals surface area contributed by atoms with Crippen molar-refractivity contribution in [1.82, 2.24) is 4.90 Å². The van der Waals surface area contributed by atoms with Gasteiger partial charge in [0.15, 0.2) is 0 Å². The van der Waals surface area contributed by atoms with Crippen LogP contribution >= 0.6 is 0 Å². The number of rotatable bonds is 6. The summed E-state index contributed by atoms with van der Waals surface area (Å²) in [6.45, 7) is 4.91. The molecule has 0 aliphatic carbocycles. The molecule has 0 spiro atoms. The van der Waals surface area contributed by atoms with Crippen LogP contribution in [0.1, 0.15) is 32.3 Å². The van der Waals surface area contributed by atoms with Crippen LogP contribution < -0.4 is 5.73 Å². The Morgan fingerprint density at radius 3 is 2.21 bits per heavy atom. The van der Waals surface area contributed by atoms with Crippen molar-refractivity contribution in [3.05, 3.63) is 29.8 Å². The molecule has 4 nitrogen and oxygen atoms in total. The Hall–Kier alpha value is -1.55. The Morgan fingerprint density at radius 1 is 1.26 bits per heavy atom. The average Bonchev–Trinajstić information content (AvgIpc) is 2.43. The maximum atomic E-state index is 12.5. The van der Waals surface area contributed by atoms with Gasteiger partial charge < -0.3 is 15.7 Å². The zero-order chi connectivity index (χ0) is 14.5. The Morgan fingerprint density at radius 2 is 1.79 bits per heavy atom. The fourth-order valence-corrected chi connectivity index (χ4v) is 2.28. The number of hydrogen-bond acceptors (Lipinski definition) is 3. The van der Waals surface area contributed by atoms with Crippen LogP contribution in [0.3, 0.4) is 0 Å². The minimum atomic E-state index is -0.453. The van der Waals surface area contributed by atoms with Crippen LogP contribution in [0.25, 0.3) is 0 Å². The molecule has 0 saturated heterocycles. The molecule has 19 heavy (non-hydrogen) atoms. The molecule has 4 heteroatoms. The van der Waals surface area contributed by atoms with Gasteiger partial charge in [0.1, 0.15) is 5.75 Å². The van der Waals surface area contributed by atoms with Crippen molar-refractivity contribution in [3.8, 4) is 5.75 Å². The van der Waals surface area contributed by atoms with Crippen molar-refractivity contribution in [2.45, 2.75) is 33.2 Å². The molecule has 0 fully saturated rings. The smallest absolute Gasteiger partial charge is 0.230 e. The van der Waals surface area contributed by atoms with Crippen molar-refractivity contribution in [2.24, 2.45) is 11.1 Å². The first-order valence-electron chi connectivity index (χ1n) is 6.72. The molecule has 106 valence electrons. The lowest BCUT2D eigenvalue weighted by atomic mass is 9.81. The molecule has 0 heterocycles. The van der Waals surface area contributed by atoms with Gasteiger partial charge in [-0.05, 0) is 30.5 Å². The number of hydrogen-bond donors (Lipinski definition) is 2. The van der Waals surface area contributed by atoms with E-state index in [4.69, 9.17) is 5.73 Å². The van der Waals surface area contributed by atoms with E-state index in [0.717, 1.165) is 18.4 Å². The van der Waals surface area contributed by atoms with E-state index >= 15 is 0 Å². The fourth-order valence-electron chi connectivity index (χ4n) is 2.28. The Balaban J connectivity index is 2.79. The fraction of sp³-hybridized carbons (Fsp3) is 0.533. The molecule has 0 aliphatic heterocycles. The highest BCUT2D eigenvalue weighted by atomic mass is 16.3. The maximum absolute atomic E-state index is 12.5. The van der Waals surface area contributed by atoms with Crippen molar-refractivity contribution >= 4 is 5.91 Å².